The Hall–Kier alpha value is -2.90. The minimum atomic E-state index is -2.49. The second-order valence-corrected chi connectivity index (χ2v) is 5.54. The summed E-state index contributed by atoms with van der Waals surface area (Å²) in [6.45, 7) is 0. The molecule has 2 atom stereocenters. The number of hydrogen-bond donors (Lipinski definition) is 4. The molecule has 0 bridgehead atoms. The molecule has 1 aliphatic heterocycles. The third kappa shape index (κ3) is 1.45. The third-order valence-corrected chi connectivity index (χ3v) is 4.28. The lowest BCUT2D eigenvalue weighted by Crippen LogP contribution is -2.59. The van der Waals surface area contributed by atoms with E-state index in [1.54, 1.807) is 12.1 Å². The van der Waals surface area contributed by atoms with E-state index >= 15 is 0 Å². The van der Waals surface area contributed by atoms with Crippen LogP contribution in [0.3, 0.4) is 0 Å². The lowest BCUT2D eigenvalue weighted by Gasteiger charge is -2.35. The number of carbonyl (C=O) groups excluding carboxylic acids is 2. The minimum absolute atomic E-state index is 0.119. The molecule has 0 aromatic heterocycles. The summed E-state index contributed by atoms with van der Waals surface area (Å²) in [5.41, 5.74) is -4.40. The molecule has 1 saturated heterocycles. The number of amides is 2. The Kier molecular flexibility index (Phi) is 2.45. The molecule has 7 nitrogen and oxygen atoms in total. The predicted molar refractivity (Wildman–Crippen MR) is 78.7 cm³/mol. The van der Waals surface area contributed by atoms with E-state index in [0.717, 1.165) is 4.90 Å². The highest BCUT2D eigenvalue weighted by atomic mass is 16.4. The molecule has 0 radical (unpaired) electrons. The van der Waals surface area contributed by atoms with Crippen LogP contribution in [0.5, 0.6) is 5.75 Å². The lowest BCUT2D eigenvalue weighted by atomic mass is 9.98. The van der Waals surface area contributed by atoms with Crippen LogP contribution in [0.4, 0.5) is 10.5 Å². The Morgan fingerprint density at radius 3 is 2.48 bits per heavy atom. The molecular formula is C16H12N2O5. The zero-order valence-electron chi connectivity index (χ0n) is 11.7. The van der Waals surface area contributed by atoms with E-state index < -0.39 is 23.3 Å². The summed E-state index contributed by atoms with van der Waals surface area (Å²) in [7, 11) is 0. The molecule has 116 valence electrons. The van der Waals surface area contributed by atoms with Gasteiger partial charge in [0.2, 0.25) is 11.5 Å². The summed E-state index contributed by atoms with van der Waals surface area (Å²) in [4.78, 5) is 25.7. The van der Waals surface area contributed by atoms with Gasteiger partial charge in [0.15, 0.2) is 0 Å². The molecule has 2 aliphatic rings. The van der Waals surface area contributed by atoms with Crippen molar-refractivity contribution in [3.05, 3.63) is 59.7 Å². The number of anilines is 1. The number of Topliss-reactive ketones (excluding diaryl/α,β-unsaturated/α-hetero) is 1. The first-order valence-corrected chi connectivity index (χ1v) is 6.90. The summed E-state index contributed by atoms with van der Waals surface area (Å²) in [6.07, 6.45) is 0. The van der Waals surface area contributed by atoms with Crippen molar-refractivity contribution in [1.29, 1.82) is 0 Å². The molecular weight excluding hydrogens is 300 g/mol. The minimum Gasteiger partial charge on any atom is -0.508 e. The van der Waals surface area contributed by atoms with Crippen molar-refractivity contribution in [1.82, 2.24) is 5.32 Å². The van der Waals surface area contributed by atoms with Gasteiger partial charge in [-0.2, -0.15) is 0 Å². The number of benzene rings is 2. The van der Waals surface area contributed by atoms with Crippen LogP contribution in [0.25, 0.3) is 0 Å². The van der Waals surface area contributed by atoms with Crippen LogP contribution in [-0.4, -0.2) is 32.9 Å². The van der Waals surface area contributed by atoms with Crippen molar-refractivity contribution in [3.8, 4) is 5.75 Å². The number of nitrogens with zero attached hydrogens (tertiary/aromatic N) is 1. The maximum Gasteiger partial charge on any atom is 0.327 e. The van der Waals surface area contributed by atoms with E-state index in [4.69, 9.17) is 0 Å². The zero-order chi connectivity index (χ0) is 16.4. The van der Waals surface area contributed by atoms with Crippen LogP contribution >= 0.6 is 0 Å². The van der Waals surface area contributed by atoms with Crippen LogP contribution in [0.1, 0.15) is 15.9 Å². The summed E-state index contributed by atoms with van der Waals surface area (Å²) < 4.78 is 0. The maximum atomic E-state index is 12.5. The third-order valence-electron chi connectivity index (χ3n) is 4.28. The number of aliphatic hydroxyl groups is 2. The number of rotatable bonds is 1. The first-order chi connectivity index (χ1) is 10.9. The molecule has 2 aromatic carbocycles. The van der Waals surface area contributed by atoms with Crippen molar-refractivity contribution in [3.63, 3.8) is 0 Å². The summed E-state index contributed by atoms with van der Waals surface area (Å²) in [5, 5.41) is 33.7. The van der Waals surface area contributed by atoms with E-state index in [-0.39, 0.29) is 22.6 Å². The number of carbonyl (C=O) groups is 2. The molecule has 0 saturated carbocycles. The van der Waals surface area contributed by atoms with Gasteiger partial charge in [-0.3, -0.25) is 15.0 Å². The second kappa shape index (κ2) is 4.09. The van der Waals surface area contributed by atoms with E-state index in [1.165, 1.54) is 36.4 Å². The number of hydrogen-bond acceptors (Lipinski definition) is 5. The van der Waals surface area contributed by atoms with Crippen LogP contribution in [0.15, 0.2) is 48.5 Å². The number of fused-ring (bicyclic) bond motifs is 3. The number of phenolic OH excluding ortho intramolecular Hbond substituents is 1. The van der Waals surface area contributed by atoms with Gasteiger partial charge in [0.25, 0.3) is 5.72 Å². The standard InChI is InChI=1S/C16H12N2O5/c19-10-5-3-4-9(8-10)18-14(21)17-15(22)13(20)11-6-1-2-7-12(11)16(15,18)23/h1-8,19,22-23H,(H,17,21)/t15-,16-/m0/s1. The summed E-state index contributed by atoms with van der Waals surface area (Å²) in [5.74, 6) is -0.904. The van der Waals surface area contributed by atoms with Crippen molar-refractivity contribution in [2.45, 2.75) is 11.4 Å². The number of phenols is 1. The van der Waals surface area contributed by atoms with Gasteiger partial charge < -0.3 is 15.3 Å². The van der Waals surface area contributed by atoms with Crippen LogP contribution < -0.4 is 10.2 Å². The van der Waals surface area contributed by atoms with Crippen LogP contribution in [0.2, 0.25) is 0 Å². The molecule has 1 aliphatic carbocycles. The summed E-state index contributed by atoms with van der Waals surface area (Å²) in [6, 6.07) is 10.9. The average molecular weight is 312 g/mol. The highest BCUT2D eigenvalue weighted by Crippen LogP contribution is 2.50. The van der Waals surface area contributed by atoms with Gasteiger partial charge in [-0.15, -0.1) is 0 Å². The van der Waals surface area contributed by atoms with Crippen molar-refractivity contribution < 1.29 is 24.9 Å². The summed E-state index contributed by atoms with van der Waals surface area (Å²) >= 11 is 0. The molecule has 1 heterocycles. The highest BCUT2D eigenvalue weighted by molar-refractivity contribution is 6.15. The molecule has 7 heteroatoms. The molecule has 4 N–H and O–H groups in total. The Labute approximate surface area is 130 Å². The SMILES string of the molecule is O=C1N[C@]2(O)C(=O)c3ccccc3[C@@]2(O)N1c1cccc(O)c1. The van der Waals surface area contributed by atoms with Gasteiger partial charge in [0.1, 0.15) is 5.75 Å². The Morgan fingerprint density at radius 2 is 1.74 bits per heavy atom. The quantitative estimate of drug-likeness (QED) is 0.618. The van der Waals surface area contributed by atoms with Gasteiger partial charge in [0, 0.05) is 17.2 Å². The molecule has 0 unspecified atom stereocenters. The average Bonchev–Trinajstić information content (AvgIpc) is 2.83. The Bertz CT molecular complexity index is 867. The number of aromatic hydroxyl groups is 1. The smallest absolute Gasteiger partial charge is 0.327 e. The fraction of sp³-hybridized carbons (Fsp3) is 0.125. The van der Waals surface area contributed by atoms with E-state index in [9.17, 15) is 24.9 Å². The molecule has 2 amide bonds. The number of ketones is 1. The molecule has 2 aromatic rings. The molecule has 0 spiro atoms. The number of urea groups is 1. The molecule has 4 rings (SSSR count). The van der Waals surface area contributed by atoms with Crippen molar-refractivity contribution in [2.24, 2.45) is 0 Å². The van der Waals surface area contributed by atoms with E-state index in [0.29, 0.717) is 0 Å². The van der Waals surface area contributed by atoms with Crippen molar-refractivity contribution in [2.75, 3.05) is 4.90 Å². The van der Waals surface area contributed by atoms with Gasteiger partial charge in [0.05, 0.1) is 5.69 Å². The predicted octanol–water partition coefficient (Wildman–Crippen LogP) is 0.652. The topological polar surface area (TPSA) is 110 Å². The van der Waals surface area contributed by atoms with E-state index in [1.807, 2.05) is 0 Å². The first kappa shape index (κ1) is 13.7. The Balaban J connectivity index is 2.00. The van der Waals surface area contributed by atoms with E-state index in [2.05, 4.69) is 5.32 Å². The molecule has 1 fully saturated rings. The largest absolute Gasteiger partial charge is 0.508 e. The zero-order valence-corrected chi connectivity index (χ0v) is 11.7. The van der Waals surface area contributed by atoms with Crippen LogP contribution in [0, 0.1) is 0 Å². The van der Waals surface area contributed by atoms with Crippen LogP contribution in [-0.2, 0) is 5.72 Å². The maximum absolute atomic E-state index is 12.5. The molecule has 23 heavy (non-hydrogen) atoms. The van der Waals surface area contributed by atoms with Gasteiger partial charge >= 0.3 is 6.03 Å². The lowest BCUT2D eigenvalue weighted by molar-refractivity contribution is -0.109. The highest BCUT2D eigenvalue weighted by Gasteiger charge is 2.72. The normalized spacial score (nSPS) is 28.5. The van der Waals surface area contributed by atoms with Gasteiger partial charge in [-0.1, -0.05) is 30.3 Å². The Morgan fingerprint density at radius 1 is 1.00 bits per heavy atom. The second-order valence-electron chi connectivity index (χ2n) is 5.54. The van der Waals surface area contributed by atoms with Crippen molar-refractivity contribution >= 4 is 17.5 Å². The van der Waals surface area contributed by atoms with Gasteiger partial charge in [-0.25, -0.2) is 4.79 Å². The fourth-order valence-corrected chi connectivity index (χ4v) is 3.25. The first-order valence-electron chi connectivity index (χ1n) is 6.90. The monoisotopic (exact) mass is 312 g/mol. The number of nitrogens with one attached hydrogen (secondary N) is 1. The fourth-order valence-electron chi connectivity index (χ4n) is 3.25. The van der Waals surface area contributed by atoms with Gasteiger partial charge in [-0.05, 0) is 12.1 Å².